The topological polar surface area (TPSA) is 60.8 Å². The molecular formula is C10H8Cl2N4O. The Hall–Kier alpha value is -1.46. The molecule has 0 spiro atoms. The molecule has 0 amide bonds. The van der Waals surface area contributed by atoms with E-state index in [9.17, 15) is 0 Å². The van der Waals surface area contributed by atoms with Crippen LogP contribution in [0.25, 0.3) is 11.4 Å². The van der Waals surface area contributed by atoms with Gasteiger partial charge >= 0.3 is 0 Å². The van der Waals surface area contributed by atoms with Gasteiger partial charge in [0.25, 0.3) is 0 Å². The maximum Gasteiger partial charge on any atom is 0.206 e. The van der Waals surface area contributed by atoms with Crippen LogP contribution in [0.5, 0.6) is 5.75 Å². The summed E-state index contributed by atoms with van der Waals surface area (Å²) in [5.74, 6) is 1.33. The molecule has 0 saturated heterocycles. The van der Waals surface area contributed by atoms with Crippen LogP contribution in [0.1, 0.15) is 5.82 Å². The van der Waals surface area contributed by atoms with Crippen molar-refractivity contribution in [2.24, 2.45) is 0 Å². The molecule has 0 saturated carbocycles. The molecule has 0 unspecified atom stereocenters. The predicted octanol–water partition coefficient (Wildman–Crippen LogP) is 2.56. The average molecular weight is 271 g/mol. The molecule has 7 heteroatoms. The lowest BCUT2D eigenvalue weighted by molar-refractivity contribution is 0.415. The first-order chi connectivity index (χ1) is 8.11. The standard InChI is InChI=1S/C10H8Cl2N4O/c1-5-13-15-10(16-14-5)9-7(11)3-6(17-2)4-8(9)12/h3-4H,1-2H3. The number of hydrogen-bond donors (Lipinski definition) is 0. The third kappa shape index (κ3) is 2.45. The van der Waals surface area contributed by atoms with Crippen molar-refractivity contribution >= 4 is 23.2 Å². The maximum absolute atomic E-state index is 6.09. The molecule has 17 heavy (non-hydrogen) atoms. The van der Waals surface area contributed by atoms with Crippen molar-refractivity contribution in [1.82, 2.24) is 20.4 Å². The molecule has 0 radical (unpaired) electrons. The number of aromatic nitrogens is 4. The van der Waals surface area contributed by atoms with Crippen molar-refractivity contribution in [3.63, 3.8) is 0 Å². The Kier molecular flexibility index (Phi) is 3.40. The zero-order valence-corrected chi connectivity index (χ0v) is 10.6. The SMILES string of the molecule is COc1cc(Cl)c(-c2nnc(C)nn2)c(Cl)c1. The highest BCUT2D eigenvalue weighted by Crippen LogP contribution is 2.35. The molecule has 88 valence electrons. The Bertz CT molecular complexity index is 521. The van der Waals surface area contributed by atoms with Gasteiger partial charge in [-0.05, 0) is 19.1 Å². The largest absolute Gasteiger partial charge is 0.497 e. The quantitative estimate of drug-likeness (QED) is 0.840. The summed E-state index contributed by atoms with van der Waals surface area (Å²) in [5, 5.41) is 16.2. The van der Waals surface area contributed by atoms with Crippen molar-refractivity contribution in [3.05, 3.63) is 28.0 Å². The molecule has 0 fully saturated rings. The van der Waals surface area contributed by atoms with Crippen LogP contribution >= 0.6 is 23.2 Å². The fourth-order valence-electron chi connectivity index (χ4n) is 1.26. The van der Waals surface area contributed by atoms with E-state index < -0.39 is 0 Å². The monoisotopic (exact) mass is 270 g/mol. The summed E-state index contributed by atoms with van der Waals surface area (Å²) in [7, 11) is 1.53. The fraction of sp³-hybridized carbons (Fsp3) is 0.200. The Morgan fingerprint density at radius 3 is 2.00 bits per heavy atom. The van der Waals surface area contributed by atoms with Crippen molar-refractivity contribution in [3.8, 4) is 17.1 Å². The number of hydrogen-bond acceptors (Lipinski definition) is 5. The van der Waals surface area contributed by atoms with Crippen molar-refractivity contribution in [2.45, 2.75) is 6.92 Å². The van der Waals surface area contributed by atoms with Crippen LogP contribution in [-0.4, -0.2) is 27.5 Å². The first kappa shape index (κ1) is 12.0. The van der Waals surface area contributed by atoms with Crippen molar-refractivity contribution < 1.29 is 4.74 Å². The van der Waals surface area contributed by atoms with Gasteiger partial charge in [-0.1, -0.05) is 23.2 Å². The number of methoxy groups -OCH3 is 1. The number of aryl methyl sites for hydroxylation is 1. The van der Waals surface area contributed by atoms with E-state index in [0.717, 1.165) is 0 Å². The smallest absolute Gasteiger partial charge is 0.206 e. The van der Waals surface area contributed by atoms with Gasteiger partial charge in [0.1, 0.15) is 5.75 Å². The van der Waals surface area contributed by atoms with Gasteiger partial charge in [-0.15, -0.1) is 20.4 Å². The zero-order valence-electron chi connectivity index (χ0n) is 9.11. The number of rotatable bonds is 2. The van der Waals surface area contributed by atoms with Crippen LogP contribution < -0.4 is 4.74 Å². The minimum atomic E-state index is 0.285. The summed E-state index contributed by atoms with van der Waals surface area (Å²) in [4.78, 5) is 0. The van der Waals surface area contributed by atoms with Crippen LogP contribution in [0, 0.1) is 6.92 Å². The number of nitrogens with zero attached hydrogens (tertiary/aromatic N) is 4. The average Bonchev–Trinajstić information content (AvgIpc) is 2.30. The number of ether oxygens (including phenoxy) is 1. The van der Waals surface area contributed by atoms with Gasteiger partial charge < -0.3 is 4.74 Å². The van der Waals surface area contributed by atoms with E-state index in [4.69, 9.17) is 27.9 Å². The normalized spacial score (nSPS) is 10.4. The molecule has 0 bridgehead atoms. The van der Waals surface area contributed by atoms with Crippen LogP contribution in [-0.2, 0) is 0 Å². The number of benzene rings is 1. The summed E-state index contributed by atoms with van der Waals surface area (Å²) in [6.45, 7) is 1.70. The first-order valence-electron chi connectivity index (χ1n) is 4.69. The second-order valence-electron chi connectivity index (χ2n) is 3.24. The zero-order chi connectivity index (χ0) is 12.4. The molecule has 0 aliphatic carbocycles. The van der Waals surface area contributed by atoms with E-state index in [1.54, 1.807) is 19.1 Å². The van der Waals surface area contributed by atoms with Gasteiger partial charge in [0.2, 0.25) is 5.82 Å². The van der Waals surface area contributed by atoms with Gasteiger partial charge in [0.15, 0.2) is 5.82 Å². The van der Waals surface area contributed by atoms with E-state index in [0.29, 0.717) is 27.2 Å². The lowest BCUT2D eigenvalue weighted by Gasteiger charge is -2.07. The molecule has 1 heterocycles. The van der Waals surface area contributed by atoms with E-state index in [1.165, 1.54) is 7.11 Å². The van der Waals surface area contributed by atoms with Gasteiger partial charge in [0, 0.05) is 0 Å². The highest BCUT2D eigenvalue weighted by atomic mass is 35.5. The molecule has 2 aromatic rings. The van der Waals surface area contributed by atoms with Gasteiger partial charge in [0.05, 0.1) is 22.7 Å². The van der Waals surface area contributed by atoms with E-state index in [-0.39, 0.29) is 5.82 Å². The summed E-state index contributed by atoms with van der Waals surface area (Å²) < 4.78 is 5.04. The van der Waals surface area contributed by atoms with Gasteiger partial charge in [-0.3, -0.25) is 0 Å². The first-order valence-corrected chi connectivity index (χ1v) is 5.45. The highest BCUT2D eigenvalue weighted by molar-refractivity contribution is 6.39. The highest BCUT2D eigenvalue weighted by Gasteiger charge is 2.14. The van der Waals surface area contributed by atoms with E-state index in [1.807, 2.05) is 0 Å². The minimum Gasteiger partial charge on any atom is -0.497 e. The van der Waals surface area contributed by atoms with Crippen LogP contribution in [0.15, 0.2) is 12.1 Å². The minimum absolute atomic E-state index is 0.285. The van der Waals surface area contributed by atoms with E-state index in [2.05, 4.69) is 20.4 Å². The molecule has 5 nitrogen and oxygen atoms in total. The van der Waals surface area contributed by atoms with Gasteiger partial charge in [-0.25, -0.2) is 0 Å². The van der Waals surface area contributed by atoms with Crippen LogP contribution in [0.2, 0.25) is 10.0 Å². The van der Waals surface area contributed by atoms with Crippen LogP contribution in [0.3, 0.4) is 0 Å². The molecule has 0 N–H and O–H groups in total. The molecule has 0 atom stereocenters. The summed E-state index contributed by atoms with van der Waals surface area (Å²) in [6.07, 6.45) is 0. The third-order valence-electron chi connectivity index (χ3n) is 2.05. The molecule has 2 rings (SSSR count). The lowest BCUT2D eigenvalue weighted by atomic mass is 10.2. The Labute approximate surface area is 108 Å². The van der Waals surface area contributed by atoms with E-state index >= 15 is 0 Å². The second kappa shape index (κ2) is 4.81. The van der Waals surface area contributed by atoms with Crippen molar-refractivity contribution in [1.29, 1.82) is 0 Å². The predicted molar refractivity (Wildman–Crippen MR) is 64.4 cm³/mol. The summed E-state index contributed by atoms with van der Waals surface area (Å²) in [6, 6.07) is 3.26. The Morgan fingerprint density at radius 1 is 1.00 bits per heavy atom. The molecule has 1 aromatic carbocycles. The molecular weight excluding hydrogens is 263 g/mol. The molecule has 0 aliphatic rings. The van der Waals surface area contributed by atoms with Crippen LogP contribution in [0.4, 0.5) is 0 Å². The number of halogens is 2. The molecule has 1 aromatic heterocycles. The Morgan fingerprint density at radius 2 is 1.53 bits per heavy atom. The maximum atomic E-state index is 6.09. The fourth-order valence-corrected chi connectivity index (χ4v) is 1.90. The molecule has 0 aliphatic heterocycles. The third-order valence-corrected chi connectivity index (χ3v) is 2.65. The lowest BCUT2D eigenvalue weighted by Crippen LogP contribution is -1.99. The summed E-state index contributed by atoms with van der Waals surface area (Å²) in [5.41, 5.74) is 0.495. The Balaban J connectivity index is 2.55. The summed E-state index contributed by atoms with van der Waals surface area (Å²) >= 11 is 12.2. The second-order valence-corrected chi connectivity index (χ2v) is 4.05. The van der Waals surface area contributed by atoms with Gasteiger partial charge in [-0.2, -0.15) is 0 Å². The van der Waals surface area contributed by atoms with Crippen molar-refractivity contribution in [2.75, 3.05) is 7.11 Å².